The van der Waals surface area contributed by atoms with Gasteiger partial charge in [-0.2, -0.15) is 0 Å². The van der Waals surface area contributed by atoms with Crippen LogP contribution in [0.1, 0.15) is 36.1 Å². The average Bonchev–Trinajstić information content (AvgIpc) is 3.28. The quantitative estimate of drug-likeness (QED) is 0.855. The fraction of sp³-hybridized carbons (Fsp3) is 0.476. The molecule has 0 atom stereocenters. The van der Waals surface area contributed by atoms with Gasteiger partial charge in [-0.1, -0.05) is 36.4 Å². The molecule has 1 aromatic carbocycles. The van der Waals surface area contributed by atoms with Crippen LogP contribution in [0.4, 0.5) is 0 Å². The molecule has 1 saturated carbocycles. The zero-order chi connectivity index (χ0) is 17.1. The first-order valence-electron chi connectivity index (χ1n) is 9.35. The molecule has 4 rings (SSSR count). The number of nitrogens with zero attached hydrogens (tertiary/aromatic N) is 1. The van der Waals surface area contributed by atoms with Gasteiger partial charge in [-0.25, -0.2) is 0 Å². The topological polar surface area (TPSA) is 32.3 Å². The van der Waals surface area contributed by atoms with Crippen molar-refractivity contribution in [2.75, 3.05) is 19.6 Å². The highest BCUT2D eigenvalue weighted by molar-refractivity contribution is 7.10. The number of nitrogens with one attached hydrogen (secondary N) is 1. The predicted molar refractivity (Wildman–Crippen MR) is 103 cm³/mol. The number of amides is 1. The molecule has 1 aliphatic heterocycles. The van der Waals surface area contributed by atoms with Crippen LogP contribution in [0, 0.1) is 5.92 Å². The lowest BCUT2D eigenvalue weighted by Crippen LogP contribution is -2.41. The molecule has 0 unspecified atom stereocenters. The van der Waals surface area contributed by atoms with E-state index in [1.807, 2.05) is 0 Å². The zero-order valence-corrected chi connectivity index (χ0v) is 15.4. The molecule has 2 fully saturated rings. The Bertz CT molecular complexity index is 686. The summed E-state index contributed by atoms with van der Waals surface area (Å²) in [4.78, 5) is 16.4. The van der Waals surface area contributed by atoms with Crippen LogP contribution >= 0.6 is 11.3 Å². The molecule has 132 valence electrons. The van der Waals surface area contributed by atoms with Gasteiger partial charge in [0.25, 0.3) is 0 Å². The van der Waals surface area contributed by atoms with Crippen LogP contribution < -0.4 is 5.32 Å². The van der Waals surface area contributed by atoms with Crippen molar-refractivity contribution in [3.63, 3.8) is 0 Å². The Morgan fingerprint density at radius 1 is 1.12 bits per heavy atom. The number of likely N-dealkylation sites (tertiary alicyclic amines) is 1. The number of rotatable bonds is 6. The van der Waals surface area contributed by atoms with Gasteiger partial charge < -0.3 is 5.32 Å². The molecular weight excluding hydrogens is 328 g/mol. The number of hydrogen-bond acceptors (Lipinski definition) is 3. The van der Waals surface area contributed by atoms with E-state index >= 15 is 0 Å². The summed E-state index contributed by atoms with van der Waals surface area (Å²) in [5.41, 5.74) is 1.20. The lowest BCUT2D eigenvalue weighted by atomic mass is 9.95. The van der Waals surface area contributed by atoms with E-state index in [9.17, 15) is 4.79 Å². The highest BCUT2D eigenvalue weighted by atomic mass is 32.1. The maximum atomic E-state index is 12.7. The summed E-state index contributed by atoms with van der Waals surface area (Å²) >= 11 is 1.72. The molecule has 1 amide bonds. The van der Waals surface area contributed by atoms with Crippen LogP contribution in [0.15, 0.2) is 47.8 Å². The first kappa shape index (κ1) is 16.8. The van der Waals surface area contributed by atoms with Gasteiger partial charge >= 0.3 is 0 Å². The minimum Gasteiger partial charge on any atom is -0.355 e. The first-order chi connectivity index (χ1) is 12.3. The summed E-state index contributed by atoms with van der Waals surface area (Å²) in [6, 6.07) is 14.9. The Morgan fingerprint density at radius 3 is 2.52 bits per heavy atom. The second-order valence-corrected chi connectivity index (χ2v) is 8.42. The van der Waals surface area contributed by atoms with Crippen LogP contribution in [0.25, 0.3) is 0 Å². The van der Waals surface area contributed by atoms with Gasteiger partial charge in [-0.3, -0.25) is 9.69 Å². The minimum absolute atomic E-state index is 0.192. The summed E-state index contributed by atoms with van der Waals surface area (Å²) in [5.74, 6) is 0.872. The first-order valence-corrected chi connectivity index (χ1v) is 10.2. The van der Waals surface area contributed by atoms with E-state index in [4.69, 9.17) is 0 Å². The highest BCUT2D eigenvalue weighted by Gasteiger charge is 2.52. The van der Waals surface area contributed by atoms with Crippen molar-refractivity contribution in [1.29, 1.82) is 0 Å². The second kappa shape index (κ2) is 7.30. The highest BCUT2D eigenvalue weighted by Crippen LogP contribution is 2.50. The lowest BCUT2D eigenvalue weighted by molar-refractivity contribution is -0.123. The molecule has 1 aliphatic carbocycles. The smallest absolute Gasteiger partial charge is 0.231 e. The van der Waals surface area contributed by atoms with Crippen LogP contribution in [-0.2, 0) is 16.8 Å². The predicted octanol–water partition coefficient (Wildman–Crippen LogP) is 3.81. The minimum atomic E-state index is -0.192. The fourth-order valence-corrected chi connectivity index (χ4v) is 4.84. The summed E-state index contributed by atoms with van der Waals surface area (Å²) in [5, 5.41) is 5.33. The molecule has 2 aromatic rings. The largest absolute Gasteiger partial charge is 0.355 e. The van der Waals surface area contributed by atoms with Crippen molar-refractivity contribution in [3.05, 3.63) is 58.3 Å². The average molecular weight is 355 g/mol. The molecular formula is C21H26N2OS. The molecule has 25 heavy (non-hydrogen) atoms. The van der Waals surface area contributed by atoms with E-state index in [1.165, 1.54) is 23.3 Å². The Hall–Kier alpha value is -1.65. The standard InChI is InChI=1S/C21H26N2OS/c24-20(21(10-11-21)19-7-4-14-25-19)22-15-17-8-12-23(13-9-17)16-18-5-2-1-3-6-18/h1-7,14,17H,8-13,15-16H2,(H,22,24). The maximum Gasteiger partial charge on any atom is 0.231 e. The molecule has 0 radical (unpaired) electrons. The summed E-state index contributed by atoms with van der Waals surface area (Å²) in [6.07, 6.45) is 4.38. The lowest BCUT2D eigenvalue weighted by Gasteiger charge is -2.32. The van der Waals surface area contributed by atoms with Crippen molar-refractivity contribution in [3.8, 4) is 0 Å². The third-order valence-corrected chi connectivity index (χ3v) is 6.76. The van der Waals surface area contributed by atoms with Gasteiger partial charge in [-0.05, 0) is 61.7 Å². The molecule has 2 aliphatic rings. The Kier molecular flexibility index (Phi) is 4.91. The number of carbonyl (C=O) groups is 1. The van der Waals surface area contributed by atoms with Gasteiger partial charge in [0.05, 0.1) is 5.41 Å². The van der Waals surface area contributed by atoms with Crippen molar-refractivity contribution in [1.82, 2.24) is 10.2 Å². The molecule has 1 saturated heterocycles. The van der Waals surface area contributed by atoms with Crippen molar-refractivity contribution in [2.24, 2.45) is 5.92 Å². The van der Waals surface area contributed by atoms with Crippen molar-refractivity contribution in [2.45, 2.75) is 37.6 Å². The van der Waals surface area contributed by atoms with E-state index in [-0.39, 0.29) is 11.3 Å². The van der Waals surface area contributed by atoms with Crippen LogP contribution in [0.5, 0.6) is 0 Å². The third-order valence-electron chi connectivity index (χ3n) is 5.68. The van der Waals surface area contributed by atoms with Crippen LogP contribution in [0.2, 0.25) is 0 Å². The molecule has 0 bridgehead atoms. The fourth-order valence-electron chi connectivity index (χ4n) is 3.86. The van der Waals surface area contributed by atoms with E-state index in [0.29, 0.717) is 5.92 Å². The van der Waals surface area contributed by atoms with Gasteiger partial charge in [0, 0.05) is 18.0 Å². The monoisotopic (exact) mass is 354 g/mol. The van der Waals surface area contributed by atoms with Crippen molar-refractivity contribution >= 4 is 17.2 Å². The summed E-state index contributed by atoms with van der Waals surface area (Å²) in [7, 11) is 0. The zero-order valence-electron chi connectivity index (χ0n) is 14.6. The molecule has 1 N–H and O–H groups in total. The summed E-state index contributed by atoms with van der Waals surface area (Å²) < 4.78 is 0. The van der Waals surface area contributed by atoms with Crippen LogP contribution in [0.3, 0.4) is 0 Å². The van der Waals surface area contributed by atoms with E-state index in [2.05, 4.69) is 58.1 Å². The van der Waals surface area contributed by atoms with E-state index < -0.39 is 0 Å². The van der Waals surface area contributed by atoms with E-state index in [0.717, 1.165) is 39.0 Å². The molecule has 0 spiro atoms. The third kappa shape index (κ3) is 3.80. The van der Waals surface area contributed by atoms with E-state index in [1.54, 1.807) is 11.3 Å². The van der Waals surface area contributed by atoms with Gasteiger partial charge in [0.1, 0.15) is 0 Å². The van der Waals surface area contributed by atoms with Crippen LogP contribution in [-0.4, -0.2) is 30.4 Å². The second-order valence-electron chi connectivity index (χ2n) is 7.47. The molecule has 2 heterocycles. The maximum absolute atomic E-state index is 12.7. The van der Waals surface area contributed by atoms with Gasteiger partial charge in [0.2, 0.25) is 5.91 Å². The number of thiophene rings is 1. The van der Waals surface area contributed by atoms with Gasteiger partial charge in [0.15, 0.2) is 0 Å². The SMILES string of the molecule is O=C(NCC1CCN(Cc2ccccc2)CC1)C1(c2cccs2)CC1. The Balaban J connectivity index is 1.22. The summed E-state index contributed by atoms with van der Waals surface area (Å²) in [6.45, 7) is 4.14. The molecule has 1 aromatic heterocycles. The molecule has 4 heteroatoms. The van der Waals surface area contributed by atoms with Crippen molar-refractivity contribution < 1.29 is 4.79 Å². The van der Waals surface area contributed by atoms with Gasteiger partial charge in [-0.15, -0.1) is 11.3 Å². The number of carbonyl (C=O) groups excluding carboxylic acids is 1. The number of piperidine rings is 1. The number of hydrogen-bond donors (Lipinski definition) is 1. The molecule has 3 nitrogen and oxygen atoms in total. The Morgan fingerprint density at radius 2 is 1.88 bits per heavy atom. The normalized spacial score (nSPS) is 20.3. The number of benzene rings is 1. The Labute approximate surface area is 154 Å².